The zero-order valence-electron chi connectivity index (χ0n) is 19.2. The Labute approximate surface area is 203 Å². The van der Waals surface area contributed by atoms with Crippen LogP contribution in [0.15, 0.2) is 66.7 Å². The smallest absolute Gasteiger partial charge is 0.339 e. The van der Waals surface area contributed by atoms with Crippen LogP contribution in [0.4, 0.5) is 0 Å². The van der Waals surface area contributed by atoms with Crippen LogP contribution in [-0.4, -0.2) is 42.7 Å². The third-order valence-electron chi connectivity index (χ3n) is 5.44. The highest BCUT2D eigenvalue weighted by atomic mass is 35.5. The maximum Gasteiger partial charge on any atom is 0.339 e. The molecule has 1 atom stereocenters. The number of hydrogen-bond acceptors (Lipinski definition) is 5. The number of carboxylic acid groups (broad SMARTS) is 1. The van der Waals surface area contributed by atoms with Crippen LogP contribution in [0.2, 0.25) is 5.02 Å². The molecule has 3 aromatic carbocycles. The Morgan fingerprint density at radius 2 is 1.74 bits per heavy atom. The topological polar surface area (TPSA) is 85.3 Å². The van der Waals surface area contributed by atoms with Crippen LogP contribution < -0.4 is 14.2 Å². The first-order chi connectivity index (χ1) is 16.3. The van der Waals surface area contributed by atoms with Gasteiger partial charge in [0.1, 0.15) is 17.1 Å². The highest BCUT2D eigenvalue weighted by Crippen LogP contribution is 2.31. The van der Waals surface area contributed by atoms with Crippen molar-refractivity contribution < 1.29 is 28.9 Å². The summed E-state index contributed by atoms with van der Waals surface area (Å²) in [4.78, 5) is 26.6. The van der Waals surface area contributed by atoms with E-state index in [0.717, 1.165) is 11.1 Å². The lowest BCUT2D eigenvalue weighted by Crippen LogP contribution is -2.36. The third kappa shape index (κ3) is 5.80. The molecule has 0 radical (unpaired) electrons. The fraction of sp³-hybridized carbons (Fsp3) is 0.231. The number of ether oxygens (including phenoxy) is 3. The number of methoxy groups -OCH3 is 2. The molecule has 0 heterocycles. The lowest BCUT2D eigenvalue weighted by Gasteiger charge is -2.30. The summed E-state index contributed by atoms with van der Waals surface area (Å²) < 4.78 is 16.4. The van der Waals surface area contributed by atoms with Crippen LogP contribution in [-0.2, 0) is 11.3 Å². The number of halogens is 1. The number of para-hydroxylation sites is 1. The van der Waals surface area contributed by atoms with Gasteiger partial charge in [0.25, 0.3) is 5.91 Å². The fourth-order valence-electron chi connectivity index (χ4n) is 3.56. The van der Waals surface area contributed by atoms with E-state index in [4.69, 9.17) is 25.8 Å². The number of rotatable bonds is 10. The van der Waals surface area contributed by atoms with Crippen molar-refractivity contribution in [2.75, 3.05) is 20.8 Å². The second-order valence-corrected chi connectivity index (χ2v) is 7.90. The zero-order chi connectivity index (χ0) is 24.7. The summed E-state index contributed by atoms with van der Waals surface area (Å²) in [6, 6.07) is 19.1. The van der Waals surface area contributed by atoms with E-state index in [0.29, 0.717) is 11.5 Å². The van der Waals surface area contributed by atoms with Crippen LogP contribution >= 0.6 is 11.6 Å². The molecule has 0 aliphatic carbocycles. The molecule has 3 rings (SSSR count). The molecule has 0 aliphatic rings. The van der Waals surface area contributed by atoms with Crippen molar-refractivity contribution in [3.63, 3.8) is 0 Å². The van der Waals surface area contributed by atoms with E-state index in [-0.39, 0.29) is 41.4 Å². The number of carbonyl (C=O) groups excluding carboxylic acids is 1. The van der Waals surface area contributed by atoms with Crippen molar-refractivity contribution in [3.05, 3.63) is 88.4 Å². The van der Waals surface area contributed by atoms with Crippen molar-refractivity contribution in [3.8, 4) is 17.2 Å². The van der Waals surface area contributed by atoms with E-state index in [1.54, 1.807) is 31.3 Å². The van der Waals surface area contributed by atoms with Gasteiger partial charge in [-0.05, 0) is 36.8 Å². The predicted molar refractivity (Wildman–Crippen MR) is 129 cm³/mol. The van der Waals surface area contributed by atoms with Gasteiger partial charge in [0.05, 0.1) is 31.8 Å². The van der Waals surface area contributed by atoms with E-state index in [1.807, 2.05) is 43.3 Å². The highest BCUT2D eigenvalue weighted by Gasteiger charge is 2.25. The summed E-state index contributed by atoms with van der Waals surface area (Å²) >= 11 is 6.15. The lowest BCUT2D eigenvalue weighted by atomic mass is 10.1. The molecule has 1 amide bonds. The molecule has 0 bridgehead atoms. The van der Waals surface area contributed by atoms with Gasteiger partial charge < -0.3 is 24.2 Å². The largest absolute Gasteiger partial charge is 0.497 e. The van der Waals surface area contributed by atoms with Gasteiger partial charge in [-0.1, -0.05) is 48.0 Å². The number of amides is 1. The van der Waals surface area contributed by atoms with Gasteiger partial charge in [-0.15, -0.1) is 0 Å². The number of carboxylic acids is 1. The van der Waals surface area contributed by atoms with Gasteiger partial charge in [0, 0.05) is 11.6 Å². The SMILES string of the molecule is COc1ccc(CN(C(=O)COc2c(Cl)cccc2C(=O)O)[C@H](C)c2ccccc2)c(OC)c1. The molecule has 1 N–H and O–H groups in total. The standard InChI is InChI=1S/C26H26ClNO6/c1-17(18-8-5-4-6-9-18)28(15-19-12-13-20(32-2)14-23(19)33-3)24(29)16-34-25-21(26(30)31)10-7-11-22(25)27/h4-14,17H,15-16H2,1-3H3,(H,30,31)/t17-/m1/s1. The van der Waals surface area contributed by atoms with Gasteiger partial charge in [-0.2, -0.15) is 0 Å². The molecule has 0 fully saturated rings. The molecule has 0 aliphatic heterocycles. The lowest BCUT2D eigenvalue weighted by molar-refractivity contribution is -0.136. The predicted octanol–water partition coefficient (Wildman–Crippen LogP) is 5.22. The van der Waals surface area contributed by atoms with Crippen LogP contribution in [0, 0.1) is 0 Å². The molecular weight excluding hydrogens is 458 g/mol. The van der Waals surface area contributed by atoms with Crippen LogP contribution in [0.1, 0.15) is 34.5 Å². The molecule has 7 nitrogen and oxygen atoms in total. The Kier molecular flexibility index (Phi) is 8.38. The average Bonchev–Trinajstić information content (AvgIpc) is 2.86. The van der Waals surface area contributed by atoms with E-state index < -0.39 is 5.97 Å². The Hall–Kier alpha value is -3.71. The van der Waals surface area contributed by atoms with Gasteiger partial charge in [0.2, 0.25) is 0 Å². The summed E-state index contributed by atoms with van der Waals surface area (Å²) in [6.07, 6.45) is 0. The molecule has 0 saturated heterocycles. The normalized spacial score (nSPS) is 11.4. The molecule has 0 aromatic heterocycles. The molecule has 0 unspecified atom stereocenters. The Balaban J connectivity index is 1.90. The molecular formula is C26H26ClNO6. The summed E-state index contributed by atoms with van der Waals surface area (Å²) in [5.74, 6) is -0.359. The van der Waals surface area contributed by atoms with E-state index in [1.165, 1.54) is 18.2 Å². The minimum Gasteiger partial charge on any atom is -0.497 e. The Bertz CT molecular complexity index is 1150. The first kappa shape index (κ1) is 24.9. The van der Waals surface area contributed by atoms with Gasteiger partial charge >= 0.3 is 5.97 Å². The first-order valence-electron chi connectivity index (χ1n) is 10.6. The highest BCUT2D eigenvalue weighted by molar-refractivity contribution is 6.32. The van der Waals surface area contributed by atoms with Gasteiger partial charge in [0.15, 0.2) is 12.4 Å². The molecule has 0 spiro atoms. The second-order valence-electron chi connectivity index (χ2n) is 7.50. The Morgan fingerprint density at radius 1 is 1.00 bits per heavy atom. The second kappa shape index (κ2) is 11.4. The van der Waals surface area contributed by atoms with Gasteiger partial charge in [-0.3, -0.25) is 4.79 Å². The minimum absolute atomic E-state index is 0.0423. The summed E-state index contributed by atoms with van der Waals surface area (Å²) in [7, 11) is 3.12. The number of carbonyl (C=O) groups is 2. The van der Waals surface area contributed by atoms with Crippen molar-refractivity contribution in [1.82, 2.24) is 4.90 Å². The molecule has 178 valence electrons. The number of hydrogen-bond donors (Lipinski definition) is 1. The van der Waals surface area contributed by atoms with E-state index >= 15 is 0 Å². The van der Waals surface area contributed by atoms with Gasteiger partial charge in [-0.25, -0.2) is 4.79 Å². The first-order valence-corrected chi connectivity index (χ1v) is 10.9. The van der Waals surface area contributed by atoms with Crippen molar-refractivity contribution in [2.24, 2.45) is 0 Å². The number of aromatic carboxylic acids is 1. The van der Waals surface area contributed by atoms with Crippen LogP contribution in [0.25, 0.3) is 0 Å². The fourth-order valence-corrected chi connectivity index (χ4v) is 3.79. The van der Waals surface area contributed by atoms with E-state index in [2.05, 4.69) is 0 Å². The average molecular weight is 484 g/mol. The summed E-state index contributed by atoms with van der Waals surface area (Å²) in [5.41, 5.74) is 1.61. The van der Waals surface area contributed by atoms with E-state index in [9.17, 15) is 14.7 Å². The molecule has 8 heteroatoms. The van der Waals surface area contributed by atoms with Crippen LogP contribution in [0.3, 0.4) is 0 Å². The maximum atomic E-state index is 13.4. The zero-order valence-corrected chi connectivity index (χ0v) is 19.9. The summed E-state index contributed by atoms with van der Waals surface area (Å²) in [6.45, 7) is 1.76. The molecule has 0 saturated carbocycles. The minimum atomic E-state index is -1.19. The van der Waals surface area contributed by atoms with Crippen molar-refractivity contribution >= 4 is 23.5 Å². The third-order valence-corrected chi connectivity index (χ3v) is 5.74. The van der Waals surface area contributed by atoms with Crippen LogP contribution in [0.5, 0.6) is 17.2 Å². The molecule has 34 heavy (non-hydrogen) atoms. The van der Waals surface area contributed by atoms with Crippen molar-refractivity contribution in [2.45, 2.75) is 19.5 Å². The monoisotopic (exact) mass is 483 g/mol. The number of nitrogens with zero attached hydrogens (tertiary/aromatic N) is 1. The summed E-state index contributed by atoms with van der Waals surface area (Å²) in [5, 5.41) is 9.56. The van der Waals surface area contributed by atoms with Crippen molar-refractivity contribution in [1.29, 1.82) is 0 Å². The molecule has 3 aromatic rings. The maximum absolute atomic E-state index is 13.4. The number of benzene rings is 3. The quantitative estimate of drug-likeness (QED) is 0.425. The Morgan fingerprint density at radius 3 is 2.38 bits per heavy atom.